The summed E-state index contributed by atoms with van der Waals surface area (Å²) in [6.45, 7) is 12.3. The zero-order valence-corrected chi connectivity index (χ0v) is 39.9. The van der Waals surface area contributed by atoms with Gasteiger partial charge in [-0.15, -0.1) is 0 Å². The summed E-state index contributed by atoms with van der Waals surface area (Å²) < 4.78 is 37.8. The van der Waals surface area contributed by atoms with E-state index in [0.717, 1.165) is 10.8 Å². The normalized spacial score (nSPS) is 33.8. The summed E-state index contributed by atoms with van der Waals surface area (Å²) in [6, 6.07) is 28.8. The molecule has 1 amide bonds. The first-order chi connectivity index (χ1) is 32.5. The average molecular weight is 946 g/mol. The molecule has 0 radical (unpaired) electrons. The first kappa shape index (κ1) is 48.1. The van der Waals surface area contributed by atoms with E-state index in [9.17, 15) is 29.7 Å². The number of ketones is 1. The van der Waals surface area contributed by atoms with Crippen molar-refractivity contribution in [3.63, 3.8) is 0 Å². The maximum absolute atomic E-state index is 15.3. The van der Waals surface area contributed by atoms with E-state index in [-0.39, 0.29) is 29.7 Å². The summed E-state index contributed by atoms with van der Waals surface area (Å²) in [6.07, 6.45) is -11.9. The van der Waals surface area contributed by atoms with E-state index in [0.29, 0.717) is 11.1 Å². The molecule has 3 aliphatic carbocycles. The summed E-state index contributed by atoms with van der Waals surface area (Å²) in [4.78, 5) is 74.0. The van der Waals surface area contributed by atoms with E-state index in [2.05, 4.69) is 0 Å². The summed E-state index contributed by atoms with van der Waals surface area (Å²) in [7, 11) is 0. The fourth-order valence-corrected chi connectivity index (χ4v) is 11.9. The van der Waals surface area contributed by atoms with Crippen molar-refractivity contribution in [3.8, 4) is 0 Å². The van der Waals surface area contributed by atoms with Gasteiger partial charge in [0.25, 0.3) is 0 Å². The van der Waals surface area contributed by atoms with Crippen LogP contribution in [-0.2, 0) is 42.8 Å². The lowest BCUT2D eigenvalue weighted by molar-refractivity contribution is -0.346. The molecule has 4 aromatic carbocycles. The van der Waals surface area contributed by atoms with Crippen molar-refractivity contribution in [2.45, 2.75) is 134 Å². The van der Waals surface area contributed by atoms with Crippen LogP contribution in [0.4, 0.5) is 4.79 Å². The number of ether oxygens (including phenoxy) is 6. The molecular formula is C54H59NO14. The molecule has 2 saturated heterocycles. The fourth-order valence-electron chi connectivity index (χ4n) is 11.9. The van der Waals surface area contributed by atoms with Crippen LogP contribution in [0.15, 0.2) is 114 Å². The number of nitrogens with zero attached hydrogens (tertiary/aromatic N) is 1. The quantitative estimate of drug-likeness (QED) is 0.0984. The molecule has 4 aromatic rings. The van der Waals surface area contributed by atoms with Crippen LogP contribution < -0.4 is 0 Å². The van der Waals surface area contributed by atoms with Gasteiger partial charge in [0.1, 0.15) is 41.7 Å². The maximum atomic E-state index is 15.3. The van der Waals surface area contributed by atoms with Crippen LogP contribution in [0.3, 0.4) is 0 Å². The third-order valence-corrected chi connectivity index (χ3v) is 15.4. The van der Waals surface area contributed by atoms with Gasteiger partial charge >= 0.3 is 24.0 Å². The van der Waals surface area contributed by atoms with Crippen molar-refractivity contribution in [1.82, 2.24) is 4.90 Å². The molecular weight excluding hydrogens is 887 g/mol. The molecule has 9 rings (SSSR count). The molecule has 2 heterocycles. The molecule has 0 spiro atoms. The lowest BCUT2D eigenvalue weighted by Gasteiger charge is -2.67. The number of carbonyl (C=O) groups is 5. The first-order valence-electron chi connectivity index (χ1n) is 23.4. The molecule has 12 atom stereocenters. The molecule has 69 heavy (non-hydrogen) atoms. The van der Waals surface area contributed by atoms with Gasteiger partial charge in [-0.05, 0) is 74.2 Å². The molecule has 2 bridgehead atoms. The molecule has 2 aliphatic heterocycles. The van der Waals surface area contributed by atoms with E-state index in [1.165, 1.54) is 30.9 Å². The molecule has 3 N–H and O–H groups in total. The Kier molecular flexibility index (Phi) is 12.0. The van der Waals surface area contributed by atoms with E-state index in [4.69, 9.17) is 28.4 Å². The van der Waals surface area contributed by atoms with E-state index in [1.807, 2.05) is 42.5 Å². The SMILES string of the molecule is CC(=O)O[C@@]12CO[C@@H]1C[C@H](O)[C@@]1(C)C(=O)[C@H](O)C3=C(C)[C@@H](OC(=O)[C@@H]4O[C@H](c5cccc6ccccc56)N(C(=O)OC(C)(C)C)[C@H]4c4ccccc4)C[C@@](O)([C@@H](OC(=O)c4ccccc4)[C@H]21)C3(C)C. The second-order valence-electron chi connectivity index (χ2n) is 20.8. The Hall–Kier alpha value is -5.97. The number of fused-ring (bicyclic) bond motifs is 6. The number of hydrogen-bond donors (Lipinski definition) is 3. The maximum Gasteiger partial charge on any atom is 0.413 e. The van der Waals surface area contributed by atoms with Crippen molar-refractivity contribution < 1.29 is 67.7 Å². The van der Waals surface area contributed by atoms with Crippen molar-refractivity contribution in [2.24, 2.45) is 16.7 Å². The number of rotatable bonds is 7. The summed E-state index contributed by atoms with van der Waals surface area (Å²) >= 11 is 0. The Morgan fingerprint density at radius 3 is 2.12 bits per heavy atom. The van der Waals surface area contributed by atoms with E-state index < -0.39 is 119 Å². The smallest absolute Gasteiger partial charge is 0.413 e. The lowest BCUT2D eigenvalue weighted by Crippen LogP contribution is -2.81. The van der Waals surface area contributed by atoms with Crippen LogP contribution in [0.1, 0.15) is 102 Å². The van der Waals surface area contributed by atoms with Gasteiger partial charge in [-0.25, -0.2) is 14.4 Å². The lowest BCUT2D eigenvalue weighted by atomic mass is 9.44. The number of Topliss-reactive ketones (excluding diaryl/α,β-unsaturated/α-hetero) is 1. The highest BCUT2D eigenvalue weighted by molar-refractivity contribution is 5.94. The highest BCUT2D eigenvalue weighted by atomic mass is 16.6. The van der Waals surface area contributed by atoms with Crippen molar-refractivity contribution in [2.75, 3.05) is 6.61 Å². The minimum Gasteiger partial charge on any atom is -0.456 e. The Morgan fingerprint density at radius 1 is 0.841 bits per heavy atom. The first-order valence-corrected chi connectivity index (χ1v) is 23.4. The number of carbonyl (C=O) groups excluding carboxylic acids is 5. The summed E-state index contributed by atoms with van der Waals surface area (Å²) in [5, 5.41) is 40.0. The zero-order valence-electron chi connectivity index (χ0n) is 39.9. The van der Waals surface area contributed by atoms with Gasteiger partial charge in [0, 0.05) is 30.7 Å². The molecule has 5 aliphatic rings. The van der Waals surface area contributed by atoms with Gasteiger partial charge in [-0.3, -0.25) is 14.5 Å². The molecule has 0 unspecified atom stereocenters. The topological polar surface area (TPSA) is 205 Å². The van der Waals surface area contributed by atoms with E-state index >= 15 is 9.59 Å². The van der Waals surface area contributed by atoms with Gasteiger partial charge in [0.05, 0.1) is 29.6 Å². The Morgan fingerprint density at radius 2 is 1.48 bits per heavy atom. The number of aliphatic hydroxyl groups excluding tert-OH is 2. The average Bonchev–Trinajstić information content (AvgIpc) is 3.71. The van der Waals surface area contributed by atoms with Gasteiger partial charge in [0.15, 0.2) is 23.7 Å². The Bertz CT molecular complexity index is 2730. The molecule has 15 nitrogen and oxygen atoms in total. The molecule has 2 saturated carbocycles. The fraction of sp³-hybridized carbons (Fsp3) is 0.463. The zero-order chi connectivity index (χ0) is 49.6. The number of aliphatic hydroxyl groups is 3. The van der Waals surface area contributed by atoms with Crippen molar-refractivity contribution in [1.29, 1.82) is 0 Å². The number of hydrogen-bond acceptors (Lipinski definition) is 14. The van der Waals surface area contributed by atoms with Gasteiger partial charge in [-0.1, -0.05) is 105 Å². The third kappa shape index (κ3) is 7.64. The third-order valence-electron chi connectivity index (χ3n) is 15.4. The van der Waals surface area contributed by atoms with Crippen molar-refractivity contribution >= 4 is 40.6 Å². The minimum absolute atomic E-state index is 0.0174. The van der Waals surface area contributed by atoms with Crippen LogP contribution in [-0.4, -0.2) is 110 Å². The largest absolute Gasteiger partial charge is 0.456 e. The van der Waals surface area contributed by atoms with Gasteiger partial charge < -0.3 is 43.7 Å². The predicted octanol–water partition coefficient (Wildman–Crippen LogP) is 6.86. The molecule has 364 valence electrons. The van der Waals surface area contributed by atoms with Crippen LogP contribution in [0.25, 0.3) is 10.8 Å². The highest BCUT2D eigenvalue weighted by Gasteiger charge is 2.78. The minimum atomic E-state index is -2.35. The second kappa shape index (κ2) is 17.2. The monoisotopic (exact) mass is 945 g/mol. The molecule has 15 heteroatoms. The Labute approximate surface area is 400 Å². The van der Waals surface area contributed by atoms with Crippen LogP contribution in [0.5, 0.6) is 0 Å². The second-order valence-corrected chi connectivity index (χ2v) is 20.8. The standard InChI is InChI=1S/C54H59NO14/c1-29-36(65-48(61)42-40(32-19-11-9-12-20-32)55(49(62)69-50(3,4)5)46(66-42)35-25-17-23-31-18-15-16-24-34(31)35)27-54(63)45(67-47(60)33-21-13-10-14-22-33)43-52(8,44(59)41(58)39(29)51(54,6)7)37(57)26-38-53(43,28-64-38)68-30(2)56/h9-25,36-38,40-43,45-46,57-58,63H,26-28H2,1-8H3/t36-,37-,38+,40-,41+,42+,43-,45-,46+,52+,53-,54+/m0/s1. The predicted molar refractivity (Wildman–Crippen MR) is 248 cm³/mol. The van der Waals surface area contributed by atoms with Gasteiger partial charge in [0.2, 0.25) is 0 Å². The van der Waals surface area contributed by atoms with Crippen molar-refractivity contribution in [3.05, 3.63) is 131 Å². The van der Waals surface area contributed by atoms with Crippen LogP contribution in [0.2, 0.25) is 0 Å². The number of amides is 1. The molecule has 0 aromatic heterocycles. The van der Waals surface area contributed by atoms with Crippen LogP contribution >= 0.6 is 0 Å². The number of benzene rings is 4. The Balaban J connectivity index is 1.19. The van der Waals surface area contributed by atoms with Gasteiger partial charge in [-0.2, -0.15) is 0 Å². The summed E-state index contributed by atoms with van der Waals surface area (Å²) in [5.74, 6) is -5.01. The molecule has 4 fully saturated rings. The van der Waals surface area contributed by atoms with E-state index in [1.54, 1.807) is 90.1 Å². The highest BCUT2D eigenvalue weighted by Crippen LogP contribution is 2.64. The summed E-state index contributed by atoms with van der Waals surface area (Å²) in [5.41, 5.74) is -7.28. The van der Waals surface area contributed by atoms with Crippen LogP contribution in [0, 0.1) is 16.7 Å². The number of esters is 3.